The summed E-state index contributed by atoms with van der Waals surface area (Å²) in [6.07, 6.45) is 4.04. The lowest BCUT2D eigenvalue weighted by molar-refractivity contribution is -0.117. The van der Waals surface area contributed by atoms with Gasteiger partial charge < -0.3 is 15.4 Å². The smallest absolute Gasteiger partial charge is 0.270 e. The lowest BCUT2D eigenvalue weighted by Gasteiger charge is -2.11. The highest BCUT2D eigenvalue weighted by molar-refractivity contribution is 7.90. The van der Waals surface area contributed by atoms with Crippen molar-refractivity contribution in [1.82, 2.24) is 29.1 Å². The Hall–Kier alpha value is -5.89. The number of nitrogens with one attached hydrogen (secondary N) is 2. The highest BCUT2D eigenvalue weighted by Gasteiger charge is 2.19. The topological polar surface area (TPSA) is 167 Å². The Balaban J connectivity index is 1.06. The third-order valence-corrected chi connectivity index (χ3v) is 8.74. The number of para-hydroxylation sites is 1. The number of hydrogen-bond donors (Lipinski definition) is 2. The van der Waals surface area contributed by atoms with Gasteiger partial charge in [-0.05, 0) is 47.2 Å². The van der Waals surface area contributed by atoms with Gasteiger partial charge in [-0.25, -0.2) is 22.4 Å². The van der Waals surface area contributed by atoms with Crippen LogP contribution in [-0.2, 0) is 21.5 Å². The first kappa shape index (κ1) is 27.9. The van der Waals surface area contributed by atoms with Crippen molar-refractivity contribution in [2.45, 2.75) is 6.73 Å². The van der Waals surface area contributed by atoms with Gasteiger partial charge in [-0.1, -0.05) is 36.4 Å². The molecule has 0 fully saturated rings. The molecule has 1 aliphatic heterocycles. The summed E-state index contributed by atoms with van der Waals surface area (Å²) in [5.41, 5.74) is 0.962. The van der Waals surface area contributed by atoms with E-state index in [1.165, 1.54) is 29.4 Å². The lowest BCUT2D eigenvalue weighted by Crippen LogP contribution is -2.33. The van der Waals surface area contributed by atoms with Crippen LogP contribution in [0.2, 0.25) is 0 Å². The quantitative estimate of drug-likeness (QED) is 0.261. The third kappa shape index (κ3) is 5.38. The molecule has 1 aliphatic rings. The second-order valence-electron chi connectivity index (χ2n) is 10.2. The largest absolute Gasteiger partial charge is 0.473 e. The van der Waals surface area contributed by atoms with E-state index in [0.717, 1.165) is 25.7 Å². The van der Waals surface area contributed by atoms with Gasteiger partial charge in [0.2, 0.25) is 5.91 Å². The summed E-state index contributed by atoms with van der Waals surface area (Å²) in [6, 6.07) is 21.1. The molecule has 45 heavy (non-hydrogen) atoms. The van der Waals surface area contributed by atoms with E-state index in [-0.39, 0.29) is 35.8 Å². The SMILES string of the molecule is O=C1CN=C(c2ccc3cc(OCn4cnc5cnc(C(=O)NCS(=O)(=O)n6ccc7ccccc76)cc5c4=O)ccc3c2)N1. The number of aliphatic imine (C=N–C) groups is 1. The van der Waals surface area contributed by atoms with Crippen LogP contribution in [0.4, 0.5) is 0 Å². The predicted molar refractivity (Wildman–Crippen MR) is 167 cm³/mol. The second kappa shape index (κ2) is 11.0. The predicted octanol–water partition coefficient (Wildman–Crippen LogP) is 2.38. The number of nitrogens with zero attached hydrogens (tertiary/aromatic N) is 5. The first-order valence-electron chi connectivity index (χ1n) is 13.7. The summed E-state index contributed by atoms with van der Waals surface area (Å²) in [5.74, 6) is -0.522. The number of carbonyl (C=O) groups is 2. The van der Waals surface area contributed by atoms with Crippen LogP contribution in [0.15, 0.2) is 101 Å². The molecule has 13 nitrogen and oxygen atoms in total. The van der Waals surface area contributed by atoms with Gasteiger partial charge in [0.25, 0.3) is 21.5 Å². The molecule has 7 rings (SSSR count). The summed E-state index contributed by atoms with van der Waals surface area (Å²) in [5, 5.41) is 7.79. The molecule has 6 aromatic rings. The van der Waals surface area contributed by atoms with Crippen molar-refractivity contribution < 1.29 is 22.7 Å². The number of hydrogen-bond acceptors (Lipinski definition) is 9. The van der Waals surface area contributed by atoms with Gasteiger partial charge in [0.05, 0.1) is 22.6 Å². The van der Waals surface area contributed by atoms with Crippen molar-refractivity contribution in [2.24, 2.45) is 4.99 Å². The monoisotopic (exact) mass is 621 g/mol. The van der Waals surface area contributed by atoms with Crippen molar-refractivity contribution in [1.29, 1.82) is 0 Å². The maximum absolute atomic E-state index is 13.3. The Morgan fingerprint density at radius 2 is 1.78 bits per heavy atom. The summed E-state index contributed by atoms with van der Waals surface area (Å²) in [7, 11) is -3.92. The zero-order valence-electron chi connectivity index (χ0n) is 23.4. The molecule has 0 bridgehead atoms. The van der Waals surface area contributed by atoms with E-state index in [1.807, 2.05) is 30.3 Å². The standard InChI is InChI=1S/C31H23N7O6S/c39-28-15-33-29(36-28)22-6-5-21-12-23(8-7-20(21)11-22)44-18-37-16-34-26-14-32-25(13-24(26)31(37)41)30(40)35-17-45(42,43)38-10-9-19-3-1-2-4-27(19)38/h1-14,16H,15,17-18H2,(H,35,40)(H,33,36,39). The first-order chi connectivity index (χ1) is 21.7. The van der Waals surface area contributed by atoms with E-state index < -0.39 is 27.4 Å². The van der Waals surface area contributed by atoms with E-state index in [2.05, 4.69) is 25.6 Å². The summed E-state index contributed by atoms with van der Waals surface area (Å²) >= 11 is 0. The Kier molecular flexibility index (Phi) is 6.82. The van der Waals surface area contributed by atoms with Gasteiger partial charge in [-0.15, -0.1) is 0 Å². The number of amidine groups is 1. The number of amides is 2. The maximum Gasteiger partial charge on any atom is 0.270 e. The molecular formula is C31H23N7O6S. The van der Waals surface area contributed by atoms with Crippen molar-refractivity contribution >= 4 is 60.3 Å². The number of benzene rings is 3. The molecule has 0 atom stereocenters. The van der Waals surface area contributed by atoms with Gasteiger partial charge in [0.1, 0.15) is 36.0 Å². The van der Waals surface area contributed by atoms with Gasteiger partial charge in [-0.3, -0.25) is 23.9 Å². The van der Waals surface area contributed by atoms with Crippen molar-refractivity contribution in [3.63, 3.8) is 0 Å². The second-order valence-corrected chi connectivity index (χ2v) is 12.1. The molecule has 0 saturated carbocycles. The van der Waals surface area contributed by atoms with Crippen LogP contribution in [0, 0.1) is 0 Å². The molecule has 0 aliphatic carbocycles. The molecule has 2 amide bonds. The lowest BCUT2D eigenvalue weighted by atomic mass is 10.1. The fraction of sp³-hybridized carbons (Fsp3) is 0.0968. The van der Waals surface area contributed by atoms with Crippen molar-refractivity contribution in [3.05, 3.63) is 113 Å². The van der Waals surface area contributed by atoms with Crippen LogP contribution in [0.3, 0.4) is 0 Å². The number of carbonyl (C=O) groups excluding carboxylic acids is 2. The van der Waals surface area contributed by atoms with E-state index >= 15 is 0 Å². The Morgan fingerprint density at radius 3 is 2.62 bits per heavy atom. The molecule has 0 unspecified atom stereocenters. The average molecular weight is 622 g/mol. The Morgan fingerprint density at radius 1 is 0.956 bits per heavy atom. The van der Waals surface area contributed by atoms with Crippen LogP contribution in [0.5, 0.6) is 5.75 Å². The highest BCUT2D eigenvalue weighted by atomic mass is 32.2. The van der Waals surface area contributed by atoms with Gasteiger partial charge >= 0.3 is 0 Å². The van der Waals surface area contributed by atoms with Crippen LogP contribution < -0.4 is 20.9 Å². The minimum absolute atomic E-state index is 0.116. The zero-order valence-corrected chi connectivity index (χ0v) is 24.2. The van der Waals surface area contributed by atoms with E-state index in [1.54, 1.807) is 36.4 Å². The zero-order chi connectivity index (χ0) is 31.1. The molecule has 3 aromatic heterocycles. The normalized spacial score (nSPS) is 13.2. The molecule has 4 heterocycles. The molecular weight excluding hydrogens is 598 g/mol. The molecule has 224 valence electrons. The van der Waals surface area contributed by atoms with Crippen molar-refractivity contribution in [3.8, 4) is 5.75 Å². The van der Waals surface area contributed by atoms with Crippen LogP contribution in [-0.4, -0.2) is 57.0 Å². The number of ether oxygens (including phenoxy) is 1. The van der Waals surface area contributed by atoms with Crippen LogP contribution >= 0.6 is 0 Å². The van der Waals surface area contributed by atoms with Crippen molar-refractivity contribution in [2.75, 3.05) is 12.4 Å². The van der Waals surface area contributed by atoms with E-state index in [4.69, 9.17) is 4.74 Å². The summed E-state index contributed by atoms with van der Waals surface area (Å²) < 4.78 is 34.1. The summed E-state index contributed by atoms with van der Waals surface area (Å²) in [4.78, 5) is 50.1. The minimum atomic E-state index is -3.92. The van der Waals surface area contributed by atoms with Crippen LogP contribution in [0.25, 0.3) is 32.6 Å². The maximum atomic E-state index is 13.3. The third-order valence-electron chi connectivity index (χ3n) is 7.32. The molecule has 14 heteroatoms. The fourth-order valence-electron chi connectivity index (χ4n) is 5.02. The number of fused-ring (bicyclic) bond motifs is 3. The van der Waals surface area contributed by atoms with Gasteiger partial charge in [0.15, 0.2) is 6.73 Å². The molecule has 2 N–H and O–H groups in total. The van der Waals surface area contributed by atoms with E-state index in [9.17, 15) is 22.8 Å². The fourth-order valence-corrected chi connectivity index (χ4v) is 6.19. The Labute approximate surface area is 254 Å². The number of rotatable bonds is 8. The molecule has 0 spiro atoms. The average Bonchev–Trinajstić information content (AvgIpc) is 3.70. The number of aromatic nitrogens is 4. The molecule has 0 radical (unpaired) electrons. The number of pyridine rings is 1. The summed E-state index contributed by atoms with van der Waals surface area (Å²) in [6.45, 7) is -0.0354. The Bertz CT molecular complexity index is 2380. The minimum Gasteiger partial charge on any atom is -0.473 e. The molecule has 0 saturated heterocycles. The molecule has 3 aromatic carbocycles. The van der Waals surface area contributed by atoms with Gasteiger partial charge in [0, 0.05) is 17.1 Å². The first-order valence-corrected chi connectivity index (χ1v) is 15.3. The van der Waals surface area contributed by atoms with Gasteiger partial charge in [-0.2, -0.15) is 0 Å². The van der Waals surface area contributed by atoms with Crippen LogP contribution in [0.1, 0.15) is 16.1 Å². The van der Waals surface area contributed by atoms with E-state index in [0.29, 0.717) is 17.1 Å². The highest BCUT2D eigenvalue weighted by Crippen LogP contribution is 2.23.